The largest absolute Gasteiger partial charge is 0.508 e. The maximum Gasteiger partial charge on any atom is 0.237 e. The fourth-order valence-electron chi connectivity index (χ4n) is 1.78. The molecule has 0 heterocycles. The third kappa shape index (κ3) is 4.37. The molecule has 0 spiro atoms. The summed E-state index contributed by atoms with van der Waals surface area (Å²) >= 11 is 0. The van der Waals surface area contributed by atoms with E-state index in [2.05, 4.69) is 5.32 Å². The summed E-state index contributed by atoms with van der Waals surface area (Å²) in [5, 5.41) is 12.1. The van der Waals surface area contributed by atoms with Gasteiger partial charge in [0.05, 0.1) is 6.04 Å². The topological polar surface area (TPSA) is 75.4 Å². The van der Waals surface area contributed by atoms with Crippen molar-refractivity contribution < 1.29 is 9.90 Å². The van der Waals surface area contributed by atoms with E-state index in [1.54, 1.807) is 24.3 Å². The average Bonchev–Trinajstić information content (AvgIpc) is 2.38. The van der Waals surface area contributed by atoms with Crippen molar-refractivity contribution >= 4 is 5.91 Å². The lowest BCUT2D eigenvalue weighted by Gasteiger charge is -2.18. The van der Waals surface area contributed by atoms with Gasteiger partial charge in [0.15, 0.2) is 0 Å². The molecule has 0 unspecified atom stereocenters. The van der Waals surface area contributed by atoms with Crippen LogP contribution in [0, 0.1) is 0 Å². The van der Waals surface area contributed by atoms with Gasteiger partial charge in [-0.1, -0.05) is 26.0 Å². The zero-order chi connectivity index (χ0) is 13.5. The molecule has 0 bridgehead atoms. The van der Waals surface area contributed by atoms with Crippen LogP contribution in [0.2, 0.25) is 0 Å². The Morgan fingerprint density at radius 3 is 2.33 bits per heavy atom. The SMILES string of the molecule is CCC(CC)NC(=O)[C@H](N)Cc1ccc(O)cc1. The first-order chi connectivity index (χ1) is 8.56. The van der Waals surface area contributed by atoms with Crippen LogP contribution in [0.3, 0.4) is 0 Å². The number of aromatic hydroxyl groups is 1. The summed E-state index contributed by atoms with van der Waals surface area (Å²) < 4.78 is 0. The molecule has 0 radical (unpaired) electrons. The van der Waals surface area contributed by atoms with E-state index >= 15 is 0 Å². The van der Waals surface area contributed by atoms with Crippen LogP contribution in [0.15, 0.2) is 24.3 Å². The number of carbonyl (C=O) groups excluding carboxylic acids is 1. The molecular formula is C14H22N2O2. The van der Waals surface area contributed by atoms with E-state index in [1.807, 2.05) is 13.8 Å². The van der Waals surface area contributed by atoms with E-state index in [0.29, 0.717) is 6.42 Å². The number of rotatable bonds is 6. The van der Waals surface area contributed by atoms with Gasteiger partial charge in [-0.15, -0.1) is 0 Å². The molecular weight excluding hydrogens is 228 g/mol. The monoisotopic (exact) mass is 250 g/mol. The van der Waals surface area contributed by atoms with Crippen LogP contribution in [0.5, 0.6) is 5.75 Å². The highest BCUT2D eigenvalue weighted by Crippen LogP contribution is 2.11. The Labute approximate surface area is 108 Å². The molecule has 1 aromatic carbocycles. The number of benzene rings is 1. The van der Waals surface area contributed by atoms with Crippen molar-refractivity contribution in [1.29, 1.82) is 0 Å². The minimum atomic E-state index is -0.546. The van der Waals surface area contributed by atoms with Gasteiger partial charge in [0.2, 0.25) is 5.91 Å². The van der Waals surface area contributed by atoms with Crippen LogP contribution >= 0.6 is 0 Å². The Bertz CT molecular complexity index is 372. The summed E-state index contributed by atoms with van der Waals surface area (Å²) in [5.41, 5.74) is 6.81. The minimum Gasteiger partial charge on any atom is -0.508 e. The maximum atomic E-state index is 11.9. The maximum absolute atomic E-state index is 11.9. The van der Waals surface area contributed by atoms with Crippen molar-refractivity contribution in [3.05, 3.63) is 29.8 Å². The van der Waals surface area contributed by atoms with Gasteiger partial charge in [0.1, 0.15) is 5.75 Å². The van der Waals surface area contributed by atoms with Crippen molar-refractivity contribution in [1.82, 2.24) is 5.32 Å². The van der Waals surface area contributed by atoms with Gasteiger partial charge >= 0.3 is 0 Å². The third-order valence-corrected chi connectivity index (χ3v) is 3.06. The molecule has 1 atom stereocenters. The molecule has 0 aromatic heterocycles. The van der Waals surface area contributed by atoms with E-state index in [1.165, 1.54) is 0 Å². The van der Waals surface area contributed by atoms with Crippen LogP contribution in [0.1, 0.15) is 32.3 Å². The second-order valence-corrected chi connectivity index (χ2v) is 4.50. The number of carbonyl (C=O) groups is 1. The van der Waals surface area contributed by atoms with Crippen LogP contribution in [0.25, 0.3) is 0 Å². The first-order valence-electron chi connectivity index (χ1n) is 6.40. The first kappa shape index (κ1) is 14.5. The molecule has 1 amide bonds. The van der Waals surface area contributed by atoms with Gasteiger partial charge in [-0.25, -0.2) is 0 Å². The molecule has 0 aliphatic carbocycles. The van der Waals surface area contributed by atoms with Gasteiger partial charge in [0.25, 0.3) is 0 Å². The Kier molecular flexibility index (Phi) is 5.65. The predicted octanol–water partition coefficient (Wildman–Crippen LogP) is 1.57. The fourth-order valence-corrected chi connectivity index (χ4v) is 1.78. The second-order valence-electron chi connectivity index (χ2n) is 4.50. The van der Waals surface area contributed by atoms with Gasteiger partial charge < -0.3 is 16.2 Å². The number of phenols is 1. The van der Waals surface area contributed by atoms with Crippen molar-refractivity contribution in [3.8, 4) is 5.75 Å². The number of hydrogen-bond donors (Lipinski definition) is 3. The molecule has 4 N–H and O–H groups in total. The highest BCUT2D eigenvalue weighted by atomic mass is 16.3. The Morgan fingerprint density at radius 1 is 1.28 bits per heavy atom. The lowest BCUT2D eigenvalue weighted by Crippen LogP contribution is -2.46. The minimum absolute atomic E-state index is 0.114. The second kappa shape index (κ2) is 7.01. The number of hydrogen-bond acceptors (Lipinski definition) is 3. The molecule has 0 saturated carbocycles. The average molecular weight is 250 g/mol. The van der Waals surface area contributed by atoms with E-state index < -0.39 is 6.04 Å². The smallest absolute Gasteiger partial charge is 0.237 e. The lowest BCUT2D eigenvalue weighted by atomic mass is 10.0. The quantitative estimate of drug-likeness (QED) is 0.717. The zero-order valence-corrected chi connectivity index (χ0v) is 11.0. The molecule has 100 valence electrons. The summed E-state index contributed by atoms with van der Waals surface area (Å²) in [6.07, 6.45) is 2.30. The standard InChI is InChI=1S/C14H22N2O2/c1-3-11(4-2)16-14(18)13(15)9-10-5-7-12(17)8-6-10/h5-8,11,13,17H,3-4,9,15H2,1-2H3,(H,16,18)/t13-/m1/s1. The molecule has 0 saturated heterocycles. The van der Waals surface area contributed by atoms with E-state index in [9.17, 15) is 9.90 Å². The molecule has 0 fully saturated rings. The molecule has 0 aliphatic rings. The van der Waals surface area contributed by atoms with Crippen molar-refractivity contribution in [3.63, 3.8) is 0 Å². The number of phenolic OH excluding ortho intramolecular Hbond substituents is 1. The van der Waals surface area contributed by atoms with Crippen molar-refractivity contribution in [2.24, 2.45) is 5.73 Å². The van der Waals surface area contributed by atoms with E-state index in [4.69, 9.17) is 5.73 Å². The Morgan fingerprint density at radius 2 is 1.83 bits per heavy atom. The van der Waals surface area contributed by atoms with Crippen LogP contribution in [-0.2, 0) is 11.2 Å². The van der Waals surface area contributed by atoms with Gasteiger partial charge in [-0.3, -0.25) is 4.79 Å². The molecule has 1 aromatic rings. The summed E-state index contributed by atoms with van der Waals surface area (Å²) in [4.78, 5) is 11.9. The Hall–Kier alpha value is -1.55. The zero-order valence-electron chi connectivity index (χ0n) is 11.0. The van der Waals surface area contributed by atoms with Crippen molar-refractivity contribution in [2.45, 2.75) is 45.2 Å². The van der Waals surface area contributed by atoms with E-state index in [0.717, 1.165) is 18.4 Å². The fraction of sp³-hybridized carbons (Fsp3) is 0.500. The molecule has 0 aliphatic heterocycles. The van der Waals surface area contributed by atoms with Crippen LogP contribution < -0.4 is 11.1 Å². The summed E-state index contributed by atoms with van der Waals surface area (Å²) in [5.74, 6) is 0.102. The lowest BCUT2D eigenvalue weighted by molar-refractivity contribution is -0.123. The highest BCUT2D eigenvalue weighted by Gasteiger charge is 2.16. The molecule has 4 heteroatoms. The highest BCUT2D eigenvalue weighted by molar-refractivity contribution is 5.82. The Balaban J connectivity index is 2.51. The first-order valence-corrected chi connectivity index (χ1v) is 6.40. The summed E-state index contributed by atoms with van der Waals surface area (Å²) in [6.45, 7) is 4.08. The molecule has 4 nitrogen and oxygen atoms in total. The third-order valence-electron chi connectivity index (χ3n) is 3.06. The summed E-state index contributed by atoms with van der Waals surface area (Å²) in [6, 6.07) is 6.40. The summed E-state index contributed by atoms with van der Waals surface area (Å²) in [7, 11) is 0. The van der Waals surface area contributed by atoms with E-state index in [-0.39, 0.29) is 17.7 Å². The molecule has 1 rings (SSSR count). The normalized spacial score (nSPS) is 12.4. The number of amides is 1. The number of nitrogens with two attached hydrogens (primary N) is 1. The predicted molar refractivity (Wildman–Crippen MR) is 72.3 cm³/mol. The van der Waals surface area contributed by atoms with Crippen molar-refractivity contribution in [2.75, 3.05) is 0 Å². The molecule has 18 heavy (non-hydrogen) atoms. The van der Waals surface area contributed by atoms with Crippen LogP contribution in [0.4, 0.5) is 0 Å². The number of nitrogens with one attached hydrogen (secondary N) is 1. The van der Waals surface area contributed by atoms with Gasteiger partial charge in [0, 0.05) is 6.04 Å². The van der Waals surface area contributed by atoms with Gasteiger partial charge in [-0.05, 0) is 37.0 Å². The van der Waals surface area contributed by atoms with Gasteiger partial charge in [-0.2, -0.15) is 0 Å². The van der Waals surface area contributed by atoms with Crippen LogP contribution in [-0.4, -0.2) is 23.1 Å².